The van der Waals surface area contributed by atoms with Gasteiger partial charge in [0.1, 0.15) is 6.42 Å². The first kappa shape index (κ1) is 17.3. The number of nitriles is 1. The van der Waals surface area contributed by atoms with Crippen LogP contribution in [0, 0.1) is 11.3 Å². The fraction of sp³-hybridized carbons (Fsp3) is 0.500. The van der Waals surface area contributed by atoms with Crippen LogP contribution in [0.4, 0.5) is 11.4 Å². The van der Waals surface area contributed by atoms with Gasteiger partial charge in [0.25, 0.3) is 0 Å². The maximum atomic E-state index is 11.9. The van der Waals surface area contributed by atoms with E-state index in [9.17, 15) is 13.2 Å². The van der Waals surface area contributed by atoms with Gasteiger partial charge in [0.15, 0.2) is 9.84 Å². The predicted molar refractivity (Wildman–Crippen MR) is 89.1 cm³/mol. The van der Waals surface area contributed by atoms with Crippen molar-refractivity contribution in [3.8, 4) is 6.07 Å². The van der Waals surface area contributed by atoms with E-state index in [0.717, 1.165) is 37.9 Å². The van der Waals surface area contributed by atoms with Crippen LogP contribution in [0.1, 0.15) is 32.1 Å². The molecule has 124 valence electrons. The van der Waals surface area contributed by atoms with Crippen molar-refractivity contribution in [2.45, 2.75) is 37.0 Å². The molecule has 0 saturated carbocycles. The Bertz CT molecular complexity index is 715. The number of carbonyl (C=O) groups excluding carboxylic acids is 1. The van der Waals surface area contributed by atoms with Gasteiger partial charge in [0, 0.05) is 25.0 Å². The number of carbonyl (C=O) groups is 1. The molecule has 2 rings (SSSR count). The minimum atomic E-state index is -3.46. The summed E-state index contributed by atoms with van der Waals surface area (Å²) in [6.45, 7) is 1.84. The van der Waals surface area contributed by atoms with Gasteiger partial charge in [0.2, 0.25) is 5.91 Å². The zero-order valence-corrected chi connectivity index (χ0v) is 14.0. The minimum Gasteiger partial charge on any atom is -0.371 e. The molecular formula is C16H21N3O3S. The van der Waals surface area contributed by atoms with E-state index in [-0.39, 0.29) is 17.0 Å². The van der Waals surface area contributed by atoms with Gasteiger partial charge in [-0.15, -0.1) is 0 Å². The summed E-state index contributed by atoms with van der Waals surface area (Å²) in [6, 6.07) is 6.76. The molecular weight excluding hydrogens is 314 g/mol. The first-order chi connectivity index (χ1) is 10.9. The number of amides is 1. The molecule has 1 aromatic carbocycles. The molecule has 1 N–H and O–H groups in total. The Labute approximate surface area is 137 Å². The fourth-order valence-corrected chi connectivity index (χ4v) is 3.56. The van der Waals surface area contributed by atoms with E-state index in [4.69, 9.17) is 5.26 Å². The SMILES string of the molecule is CS(=O)(=O)c1ccc(N2CCCCCC2)cc1NC(=O)CC#N. The molecule has 0 unspecified atom stereocenters. The van der Waals surface area contributed by atoms with Gasteiger partial charge in [-0.2, -0.15) is 5.26 Å². The lowest BCUT2D eigenvalue weighted by Gasteiger charge is -2.24. The number of nitrogens with one attached hydrogen (secondary N) is 1. The largest absolute Gasteiger partial charge is 0.371 e. The quantitative estimate of drug-likeness (QED) is 0.912. The lowest BCUT2D eigenvalue weighted by molar-refractivity contribution is -0.115. The zero-order valence-electron chi connectivity index (χ0n) is 13.2. The molecule has 1 aromatic rings. The molecule has 0 aromatic heterocycles. The van der Waals surface area contributed by atoms with Crippen LogP contribution >= 0.6 is 0 Å². The first-order valence-electron chi connectivity index (χ1n) is 7.67. The smallest absolute Gasteiger partial charge is 0.238 e. The topological polar surface area (TPSA) is 90.3 Å². The van der Waals surface area contributed by atoms with Crippen molar-refractivity contribution in [2.75, 3.05) is 29.6 Å². The number of rotatable bonds is 4. The summed E-state index contributed by atoms with van der Waals surface area (Å²) in [6.07, 6.45) is 5.40. The average molecular weight is 335 g/mol. The summed E-state index contributed by atoms with van der Waals surface area (Å²) < 4.78 is 23.8. The van der Waals surface area contributed by atoms with E-state index in [1.54, 1.807) is 18.2 Å². The summed E-state index contributed by atoms with van der Waals surface area (Å²) in [7, 11) is -3.46. The van der Waals surface area contributed by atoms with E-state index in [2.05, 4.69) is 10.2 Å². The highest BCUT2D eigenvalue weighted by Crippen LogP contribution is 2.29. The molecule has 1 saturated heterocycles. The van der Waals surface area contributed by atoms with Gasteiger partial charge >= 0.3 is 0 Å². The highest BCUT2D eigenvalue weighted by molar-refractivity contribution is 7.90. The fourth-order valence-electron chi connectivity index (χ4n) is 2.73. The van der Waals surface area contributed by atoms with E-state index in [1.807, 2.05) is 0 Å². The summed E-state index contributed by atoms with van der Waals surface area (Å²) in [5.74, 6) is -0.509. The average Bonchev–Trinajstić information content (AvgIpc) is 2.75. The Hall–Kier alpha value is -2.07. The summed E-state index contributed by atoms with van der Waals surface area (Å²) in [5.41, 5.74) is 1.14. The Kier molecular flexibility index (Phi) is 5.61. The van der Waals surface area contributed by atoms with E-state index >= 15 is 0 Å². The number of hydrogen-bond donors (Lipinski definition) is 1. The van der Waals surface area contributed by atoms with Crippen LogP contribution in [0.25, 0.3) is 0 Å². The molecule has 7 heteroatoms. The normalized spacial score (nSPS) is 15.6. The van der Waals surface area contributed by atoms with Crippen LogP contribution in [0.15, 0.2) is 23.1 Å². The molecule has 0 atom stereocenters. The lowest BCUT2D eigenvalue weighted by Crippen LogP contribution is -2.24. The number of benzene rings is 1. The van der Waals surface area contributed by atoms with Gasteiger partial charge in [0.05, 0.1) is 16.7 Å². The first-order valence-corrected chi connectivity index (χ1v) is 9.57. The number of hydrogen-bond acceptors (Lipinski definition) is 5. The Balaban J connectivity index is 2.36. The van der Waals surface area contributed by atoms with Gasteiger partial charge in [-0.25, -0.2) is 8.42 Å². The van der Waals surface area contributed by atoms with Gasteiger partial charge in [-0.1, -0.05) is 12.8 Å². The van der Waals surface area contributed by atoms with Crippen LogP contribution in [0.3, 0.4) is 0 Å². The lowest BCUT2D eigenvalue weighted by atomic mass is 10.2. The molecule has 0 bridgehead atoms. The van der Waals surface area contributed by atoms with Crippen LogP contribution in [-0.2, 0) is 14.6 Å². The Morgan fingerprint density at radius 3 is 2.48 bits per heavy atom. The molecule has 0 radical (unpaired) electrons. The van der Waals surface area contributed by atoms with Crippen molar-refractivity contribution < 1.29 is 13.2 Å². The monoisotopic (exact) mass is 335 g/mol. The van der Waals surface area contributed by atoms with Crippen molar-refractivity contribution in [2.24, 2.45) is 0 Å². The van der Waals surface area contributed by atoms with Gasteiger partial charge in [-0.05, 0) is 31.0 Å². The summed E-state index contributed by atoms with van der Waals surface area (Å²) in [4.78, 5) is 14.0. The van der Waals surface area contributed by atoms with Crippen molar-refractivity contribution in [1.29, 1.82) is 5.26 Å². The minimum absolute atomic E-state index is 0.0716. The van der Waals surface area contributed by atoms with Gasteiger partial charge in [-0.3, -0.25) is 4.79 Å². The standard InChI is InChI=1S/C16H21N3O3S/c1-23(21,22)15-7-6-13(19-10-4-2-3-5-11-19)12-14(15)18-16(20)8-9-17/h6-7,12H,2-5,8,10-11H2,1H3,(H,18,20). The van der Waals surface area contributed by atoms with Crippen LogP contribution in [0.5, 0.6) is 0 Å². The molecule has 1 aliphatic heterocycles. The van der Waals surface area contributed by atoms with Crippen LogP contribution in [0.2, 0.25) is 0 Å². The van der Waals surface area contributed by atoms with Crippen LogP contribution in [-0.4, -0.2) is 33.7 Å². The third-order valence-corrected chi connectivity index (χ3v) is 5.00. The van der Waals surface area contributed by atoms with E-state index in [0.29, 0.717) is 0 Å². The Morgan fingerprint density at radius 1 is 1.26 bits per heavy atom. The third-order valence-electron chi connectivity index (χ3n) is 3.85. The van der Waals surface area contributed by atoms with E-state index in [1.165, 1.54) is 18.9 Å². The maximum absolute atomic E-state index is 11.9. The second-order valence-corrected chi connectivity index (χ2v) is 7.72. The van der Waals surface area contributed by atoms with Crippen molar-refractivity contribution >= 4 is 27.1 Å². The molecule has 1 amide bonds. The third kappa shape index (κ3) is 4.70. The second kappa shape index (κ2) is 7.47. The molecule has 1 fully saturated rings. The Morgan fingerprint density at radius 2 is 1.91 bits per heavy atom. The molecule has 0 spiro atoms. The molecule has 1 aliphatic rings. The second-order valence-electron chi connectivity index (χ2n) is 5.74. The highest BCUT2D eigenvalue weighted by atomic mass is 32.2. The molecule has 1 heterocycles. The van der Waals surface area contributed by atoms with E-state index < -0.39 is 15.7 Å². The molecule has 6 nitrogen and oxygen atoms in total. The zero-order chi connectivity index (χ0) is 16.9. The number of anilines is 2. The molecule has 23 heavy (non-hydrogen) atoms. The van der Waals surface area contributed by atoms with Crippen molar-refractivity contribution in [3.05, 3.63) is 18.2 Å². The predicted octanol–water partition coefficient (Wildman–Crippen LogP) is 2.32. The van der Waals surface area contributed by atoms with Crippen molar-refractivity contribution in [3.63, 3.8) is 0 Å². The number of nitrogens with zero attached hydrogens (tertiary/aromatic N) is 2. The summed E-state index contributed by atoms with van der Waals surface area (Å²) in [5, 5.41) is 11.1. The molecule has 0 aliphatic carbocycles. The van der Waals surface area contributed by atoms with Gasteiger partial charge < -0.3 is 10.2 Å². The maximum Gasteiger partial charge on any atom is 0.238 e. The highest BCUT2D eigenvalue weighted by Gasteiger charge is 2.18. The van der Waals surface area contributed by atoms with Crippen LogP contribution < -0.4 is 10.2 Å². The number of sulfone groups is 1. The van der Waals surface area contributed by atoms with Crippen molar-refractivity contribution in [1.82, 2.24) is 0 Å². The summed E-state index contributed by atoms with van der Waals surface area (Å²) >= 11 is 0.